The van der Waals surface area contributed by atoms with Crippen LogP contribution in [0.3, 0.4) is 0 Å². The lowest BCUT2D eigenvalue weighted by Crippen LogP contribution is -2.08. The van der Waals surface area contributed by atoms with Gasteiger partial charge in [-0.1, -0.05) is 30.3 Å². The lowest BCUT2D eigenvalue weighted by molar-refractivity contribution is 0.326. The molecule has 0 N–H and O–H groups in total. The molecule has 144 valence electrons. The van der Waals surface area contributed by atoms with E-state index in [9.17, 15) is 5.26 Å². The van der Waals surface area contributed by atoms with Gasteiger partial charge < -0.3 is 14.1 Å². The maximum Gasteiger partial charge on any atom is 0.232 e. The second kappa shape index (κ2) is 7.69. The van der Waals surface area contributed by atoms with Gasteiger partial charge in [0, 0.05) is 30.7 Å². The summed E-state index contributed by atoms with van der Waals surface area (Å²) in [6.45, 7) is 2.30. The van der Waals surface area contributed by atoms with Crippen molar-refractivity contribution in [1.82, 2.24) is 4.98 Å². The van der Waals surface area contributed by atoms with E-state index < -0.39 is 0 Å². The third-order valence-corrected chi connectivity index (χ3v) is 4.75. The molecule has 29 heavy (non-hydrogen) atoms. The Morgan fingerprint density at radius 2 is 1.83 bits per heavy atom. The summed E-state index contributed by atoms with van der Waals surface area (Å²) in [7, 11) is 3.99. The van der Waals surface area contributed by atoms with Gasteiger partial charge in [-0.2, -0.15) is 5.26 Å². The maximum atomic E-state index is 9.80. The Bertz CT molecular complexity index is 1170. The van der Waals surface area contributed by atoms with Gasteiger partial charge in [-0.25, -0.2) is 4.98 Å². The Kier molecular flexibility index (Phi) is 4.92. The minimum atomic E-state index is 0.319. The number of rotatable bonds is 5. The standard InChI is InChI=1S/C24H21N3O2/c1-4-28-24-20(15-25)19(16-9-11-18(12-10-16)27(2)3)14-21(26-24)23-13-17-7-5-6-8-22(17)29-23/h5-14H,4H2,1-3H3. The molecule has 0 aliphatic heterocycles. The Morgan fingerprint density at radius 1 is 1.07 bits per heavy atom. The lowest BCUT2D eigenvalue weighted by atomic mass is 9.99. The smallest absolute Gasteiger partial charge is 0.232 e. The Labute approximate surface area is 169 Å². The van der Waals surface area contributed by atoms with Crippen LogP contribution in [0.1, 0.15) is 12.5 Å². The largest absolute Gasteiger partial charge is 0.477 e. The van der Waals surface area contributed by atoms with Crippen molar-refractivity contribution in [2.45, 2.75) is 6.92 Å². The van der Waals surface area contributed by atoms with E-state index in [1.807, 2.05) is 86.6 Å². The van der Waals surface area contributed by atoms with E-state index in [0.29, 0.717) is 29.5 Å². The van der Waals surface area contributed by atoms with E-state index in [1.165, 1.54) is 0 Å². The molecule has 0 unspecified atom stereocenters. The number of fused-ring (bicyclic) bond motifs is 1. The lowest BCUT2D eigenvalue weighted by Gasteiger charge is -2.14. The van der Waals surface area contributed by atoms with Crippen molar-refractivity contribution in [1.29, 1.82) is 5.26 Å². The third-order valence-electron chi connectivity index (χ3n) is 4.75. The minimum absolute atomic E-state index is 0.319. The molecule has 0 spiro atoms. The van der Waals surface area contributed by atoms with Crippen LogP contribution in [0.2, 0.25) is 0 Å². The molecule has 0 saturated heterocycles. The van der Waals surface area contributed by atoms with Gasteiger partial charge in [-0.05, 0) is 42.8 Å². The number of hydrogen-bond donors (Lipinski definition) is 0. The molecule has 4 aromatic rings. The topological polar surface area (TPSA) is 62.3 Å². The monoisotopic (exact) mass is 383 g/mol. The van der Waals surface area contributed by atoms with Gasteiger partial charge in [0.2, 0.25) is 5.88 Å². The molecule has 0 fully saturated rings. The van der Waals surface area contributed by atoms with Gasteiger partial charge in [0.05, 0.1) is 6.61 Å². The quantitative estimate of drug-likeness (QED) is 0.455. The number of hydrogen-bond acceptors (Lipinski definition) is 5. The fourth-order valence-corrected chi connectivity index (χ4v) is 3.27. The number of ether oxygens (including phenoxy) is 1. The van der Waals surface area contributed by atoms with Gasteiger partial charge in [0.25, 0.3) is 0 Å². The number of aromatic nitrogens is 1. The van der Waals surface area contributed by atoms with Crippen LogP contribution in [0.5, 0.6) is 5.88 Å². The highest BCUT2D eigenvalue weighted by atomic mass is 16.5. The molecule has 2 aromatic carbocycles. The third kappa shape index (κ3) is 3.53. The molecule has 0 amide bonds. The number of benzene rings is 2. The number of anilines is 1. The number of nitrogens with zero attached hydrogens (tertiary/aromatic N) is 3. The van der Waals surface area contributed by atoms with Crippen molar-refractivity contribution in [2.75, 3.05) is 25.6 Å². The van der Waals surface area contributed by atoms with E-state index in [2.05, 4.69) is 11.1 Å². The average molecular weight is 383 g/mol. The number of nitriles is 1. The molecule has 0 aliphatic rings. The predicted octanol–water partition coefficient (Wildman–Crippen LogP) is 5.50. The molecule has 5 nitrogen and oxygen atoms in total. The Balaban J connectivity index is 1.90. The van der Waals surface area contributed by atoms with E-state index in [1.54, 1.807) is 0 Å². The Morgan fingerprint density at radius 3 is 2.48 bits per heavy atom. The zero-order chi connectivity index (χ0) is 20.4. The Hall–Kier alpha value is -3.78. The number of furan rings is 1. The number of pyridine rings is 1. The highest BCUT2D eigenvalue weighted by Crippen LogP contribution is 2.35. The zero-order valence-corrected chi connectivity index (χ0v) is 16.6. The average Bonchev–Trinajstić information content (AvgIpc) is 3.18. The number of para-hydroxylation sites is 1. The predicted molar refractivity (Wildman–Crippen MR) is 115 cm³/mol. The first-order chi connectivity index (χ1) is 14.1. The molecule has 2 heterocycles. The molecule has 5 heteroatoms. The summed E-state index contributed by atoms with van der Waals surface area (Å²) in [5, 5.41) is 10.8. The first-order valence-corrected chi connectivity index (χ1v) is 9.45. The molecule has 0 radical (unpaired) electrons. The van der Waals surface area contributed by atoms with E-state index in [-0.39, 0.29) is 0 Å². The normalized spacial score (nSPS) is 10.7. The van der Waals surface area contributed by atoms with Gasteiger partial charge in [0.15, 0.2) is 5.76 Å². The summed E-state index contributed by atoms with van der Waals surface area (Å²) in [6.07, 6.45) is 0. The van der Waals surface area contributed by atoms with Crippen LogP contribution in [0, 0.1) is 11.3 Å². The van der Waals surface area contributed by atoms with E-state index in [0.717, 1.165) is 27.8 Å². The van der Waals surface area contributed by atoms with Crippen LogP contribution in [-0.4, -0.2) is 25.7 Å². The van der Waals surface area contributed by atoms with Gasteiger partial charge in [-0.3, -0.25) is 0 Å². The fourth-order valence-electron chi connectivity index (χ4n) is 3.27. The summed E-state index contributed by atoms with van der Waals surface area (Å²) < 4.78 is 11.7. The van der Waals surface area contributed by atoms with Crippen molar-refractivity contribution in [3.8, 4) is 34.5 Å². The molecule has 0 saturated carbocycles. The zero-order valence-electron chi connectivity index (χ0n) is 16.6. The summed E-state index contributed by atoms with van der Waals surface area (Å²) >= 11 is 0. The highest BCUT2D eigenvalue weighted by molar-refractivity contribution is 5.84. The van der Waals surface area contributed by atoms with Crippen LogP contribution in [0.25, 0.3) is 33.6 Å². The van der Waals surface area contributed by atoms with E-state index >= 15 is 0 Å². The molecular formula is C24H21N3O2. The minimum Gasteiger partial charge on any atom is -0.477 e. The first kappa shape index (κ1) is 18.6. The van der Waals surface area contributed by atoms with Crippen molar-refractivity contribution < 1.29 is 9.15 Å². The summed E-state index contributed by atoms with van der Waals surface area (Å²) in [6, 6.07) is 22.0. The molecular weight excluding hydrogens is 362 g/mol. The summed E-state index contributed by atoms with van der Waals surface area (Å²) in [5.41, 5.74) is 4.63. The molecule has 0 atom stereocenters. The summed E-state index contributed by atoms with van der Waals surface area (Å²) in [5.74, 6) is 0.961. The molecule has 0 bridgehead atoms. The van der Waals surface area contributed by atoms with Crippen molar-refractivity contribution >= 4 is 16.7 Å². The van der Waals surface area contributed by atoms with Crippen LogP contribution in [-0.2, 0) is 0 Å². The van der Waals surface area contributed by atoms with E-state index in [4.69, 9.17) is 9.15 Å². The highest BCUT2D eigenvalue weighted by Gasteiger charge is 2.18. The summed E-state index contributed by atoms with van der Waals surface area (Å²) in [4.78, 5) is 6.62. The van der Waals surface area contributed by atoms with Crippen LogP contribution in [0.4, 0.5) is 5.69 Å². The first-order valence-electron chi connectivity index (χ1n) is 9.45. The van der Waals surface area contributed by atoms with Crippen LogP contribution >= 0.6 is 0 Å². The van der Waals surface area contributed by atoms with Crippen molar-refractivity contribution in [3.05, 3.63) is 66.2 Å². The van der Waals surface area contributed by atoms with Gasteiger partial charge in [-0.15, -0.1) is 0 Å². The van der Waals surface area contributed by atoms with Crippen LogP contribution in [0.15, 0.2) is 65.1 Å². The second-order valence-electron chi connectivity index (χ2n) is 6.87. The SMILES string of the molecule is CCOc1nc(-c2cc3ccccc3o2)cc(-c2ccc(N(C)C)cc2)c1C#N. The molecule has 2 aromatic heterocycles. The van der Waals surface area contributed by atoms with Crippen molar-refractivity contribution in [2.24, 2.45) is 0 Å². The van der Waals surface area contributed by atoms with Gasteiger partial charge >= 0.3 is 0 Å². The molecule has 0 aliphatic carbocycles. The van der Waals surface area contributed by atoms with Gasteiger partial charge in [0.1, 0.15) is 22.9 Å². The van der Waals surface area contributed by atoms with Crippen molar-refractivity contribution in [3.63, 3.8) is 0 Å². The molecule has 4 rings (SSSR count). The second-order valence-corrected chi connectivity index (χ2v) is 6.87. The maximum absolute atomic E-state index is 9.80. The fraction of sp³-hybridized carbons (Fsp3) is 0.167. The van der Waals surface area contributed by atoms with Crippen LogP contribution < -0.4 is 9.64 Å².